The third kappa shape index (κ3) is 3.77. The number of rotatable bonds is 6. The lowest BCUT2D eigenvalue weighted by Crippen LogP contribution is -2.14. The van der Waals surface area contributed by atoms with Crippen LogP contribution in [0.2, 0.25) is 0 Å². The summed E-state index contributed by atoms with van der Waals surface area (Å²) in [6.07, 6.45) is 2.67. The Labute approximate surface area is 96.1 Å². The lowest BCUT2D eigenvalue weighted by molar-refractivity contribution is 0.195. The van der Waals surface area contributed by atoms with Gasteiger partial charge in [0.15, 0.2) is 0 Å². The summed E-state index contributed by atoms with van der Waals surface area (Å²) < 4.78 is 4.98. The van der Waals surface area contributed by atoms with Crippen molar-refractivity contribution in [2.24, 2.45) is 0 Å². The van der Waals surface area contributed by atoms with Crippen LogP contribution in [0.1, 0.15) is 44.1 Å². The van der Waals surface area contributed by atoms with Crippen molar-refractivity contribution in [3.8, 4) is 0 Å². The number of aromatic nitrogens is 2. The van der Waals surface area contributed by atoms with E-state index in [2.05, 4.69) is 23.8 Å². The molecule has 0 fully saturated rings. The van der Waals surface area contributed by atoms with E-state index in [0.717, 1.165) is 30.8 Å². The van der Waals surface area contributed by atoms with Gasteiger partial charge >= 0.3 is 0 Å². The Morgan fingerprint density at radius 1 is 1.56 bits per heavy atom. The Morgan fingerprint density at radius 3 is 2.94 bits per heavy atom. The first kappa shape index (κ1) is 12.9. The first-order valence-corrected chi connectivity index (χ1v) is 5.76. The number of aryl methyl sites for hydroxylation is 1. The Kier molecular flexibility index (Phi) is 5.19. The van der Waals surface area contributed by atoms with E-state index in [4.69, 9.17) is 4.74 Å². The van der Waals surface area contributed by atoms with E-state index in [1.807, 2.05) is 0 Å². The van der Waals surface area contributed by atoms with Gasteiger partial charge in [-0.05, 0) is 19.3 Å². The molecule has 1 aromatic heterocycles. The Bertz CT molecular complexity index is 374. The van der Waals surface area contributed by atoms with Crippen molar-refractivity contribution < 1.29 is 4.74 Å². The molecule has 0 saturated heterocycles. The smallest absolute Gasteiger partial charge is 0.251 e. The normalized spacial score (nSPS) is 12.7. The number of hydrogen-bond donors (Lipinski definition) is 1. The van der Waals surface area contributed by atoms with Gasteiger partial charge in [0, 0.05) is 31.4 Å². The molecule has 0 radical (unpaired) electrons. The molecule has 1 atom stereocenters. The molecule has 1 aromatic rings. The predicted octanol–water partition coefficient (Wildman–Crippen LogP) is 1.86. The second-order valence-electron chi connectivity index (χ2n) is 4.03. The first-order chi connectivity index (χ1) is 7.67. The zero-order valence-corrected chi connectivity index (χ0v) is 10.2. The van der Waals surface area contributed by atoms with E-state index in [-0.39, 0.29) is 5.56 Å². The summed E-state index contributed by atoms with van der Waals surface area (Å²) in [5, 5.41) is 0. The van der Waals surface area contributed by atoms with Crippen LogP contribution in [0.15, 0.2) is 10.9 Å². The maximum atomic E-state index is 11.4. The van der Waals surface area contributed by atoms with Gasteiger partial charge in [0.05, 0.1) is 0 Å². The van der Waals surface area contributed by atoms with Gasteiger partial charge in [-0.3, -0.25) is 4.79 Å². The lowest BCUT2D eigenvalue weighted by atomic mass is 10.1. The molecule has 0 amide bonds. The van der Waals surface area contributed by atoms with Crippen LogP contribution in [0.25, 0.3) is 0 Å². The summed E-state index contributed by atoms with van der Waals surface area (Å²) in [5.41, 5.74) is 0.800. The van der Waals surface area contributed by atoms with Gasteiger partial charge < -0.3 is 9.72 Å². The maximum absolute atomic E-state index is 11.4. The highest BCUT2D eigenvalue weighted by Gasteiger charge is 2.07. The van der Waals surface area contributed by atoms with Gasteiger partial charge in [-0.1, -0.05) is 13.8 Å². The predicted molar refractivity (Wildman–Crippen MR) is 63.8 cm³/mol. The maximum Gasteiger partial charge on any atom is 0.251 e. The quantitative estimate of drug-likeness (QED) is 0.750. The Balaban J connectivity index is 2.77. The average Bonchev–Trinajstić information content (AvgIpc) is 2.27. The van der Waals surface area contributed by atoms with E-state index >= 15 is 0 Å². The third-order valence-electron chi connectivity index (χ3n) is 2.67. The molecule has 1 N–H and O–H groups in total. The minimum atomic E-state index is -0.0577. The second-order valence-corrected chi connectivity index (χ2v) is 4.03. The van der Waals surface area contributed by atoms with Gasteiger partial charge in [0.2, 0.25) is 0 Å². The van der Waals surface area contributed by atoms with E-state index in [1.54, 1.807) is 13.2 Å². The number of methoxy groups -OCH3 is 1. The standard InChI is InChI=1S/C12H20N2O2/c1-4-9(2)12-13-10(6-5-7-16-3)8-11(15)14-12/h8-9H,4-7H2,1-3H3,(H,13,14,15)/t9-/m0/s1. The average molecular weight is 224 g/mol. The molecule has 1 rings (SSSR count). The molecule has 0 aliphatic carbocycles. The topological polar surface area (TPSA) is 55.0 Å². The zero-order valence-electron chi connectivity index (χ0n) is 10.2. The highest BCUT2D eigenvalue weighted by molar-refractivity contribution is 5.05. The molecule has 4 nitrogen and oxygen atoms in total. The van der Waals surface area contributed by atoms with Gasteiger partial charge in [-0.25, -0.2) is 4.98 Å². The summed E-state index contributed by atoms with van der Waals surface area (Å²) in [6.45, 7) is 4.85. The summed E-state index contributed by atoms with van der Waals surface area (Å²) in [7, 11) is 1.68. The summed E-state index contributed by atoms with van der Waals surface area (Å²) in [6, 6.07) is 1.57. The highest BCUT2D eigenvalue weighted by atomic mass is 16.5. The minimum Gasteiger partial charge on any atom is -0.385 e. The summed E-state index contributed by atoms with van der Waals surface area (Å²) in [5.74, 6) is 1.09. The molecule has 0 aromatic carbocycles. The van der Waals surface area contributed by atoms with Crippen LogP contribution in [0.4, 0.5) is 0 Å². The molecule has 4 heteroatoms. The number of aromatic amines is 1. The Hall–Kier alpha value is -1.16. The monoisotopic (exact) mass is 224 g/mol. The molecular formula is C12H20N2O2. The van der Waals surface area contributed by atoms with E-state index in [0.29, 0.717) is 12.5 Å². The molecule has 0 saturated carbocycles. The van der Waals surface area contributed by atoms with Gasteiger partial charge in [-0.15, -0.1) is 0 Å². The molecule has 1 heterocycles. The largest absolute Gasteiger partial charge is 0.385 e. The molecule has 16 heavy (non-hydrogen) atoms. The summed E-state index contributed by atoms with van der Waals surface area (Å²) in [4.78, 5) is 18.7. The van der Waals surface area contributed by atoms with Crippen molar-refractivity contribution in [3.05, 3.63) is 27.9 Å². The Morgan fingerprint density at radius 2 is 2.31 bits per heavy atom. The molecule has 0 aliphatic rings. The third-order valence-corrected chi connectivity index (χ3v) is 2.67. The van der Waals surface area contributed by atoms with Crippen LogP contribution < -0.4 is 5.56 Å². The number of hydrogen-bond acceptors (Lipinski definition) is 3. The van der Waals surface area contributed by atoms with Crippen molar-refractivity contribution in [2.75, 3.05) is 13.7 Å². The van der Waals surface area contributed by atoms with Crippen molar-refractivity contribution in [3.63, 3.8) is 0 Å². The van der Waals surface area contributed by atoms with Crippen LogP contribution >= 0.6 is 0 Å². The number of nitrogens with one attached hydrogen (secondary N) is 1. The zero-order chi connectivity index (χ0) is 12.0. The minimum absolute atomic E-state index is 0.0577. The van der Waals surface area contributed by atoms with Crippen LogP contribution in [0, 0.1) is 0 Å². The molecule has 90 valence electrons. The number of nitrogens with zero attached hydrogens (tertiary/aromatic N) is 1. The van der Waals surface area contributed by atoms with Crippen molar-refractivity contribution >= 4 is 0 Å². The fraction of sp³-hybridized carbons (Fsp3) is 0.667. The lowest BCUT2D eigenvalue weighted by Gasteiger charge is -2.09. The van der Waals surface area contributed by atoms with Crippen LogP contribution in [0.3, 0.4) is 0 Å². The number of ether oxygens (including phenoxy) is 1. The van der Waals surface area contributed by atoms with Crippen molar-refractivity contribution in [1.29, 1.82) is 0 Å². The van der Waals surface area contributed by atoms with Crippen molar-refractivity contribution in [2.45, 2.75) is 39.0 Å². The SMILES string of the molecule is CC[C@H](C)c1nc(CCCOC)cc(=O)[nH]1. The van der Waals surface area contributed by atoms with Gasteiger partial charge in [-0.2, -0.15) is 0 Å². The van der Waals surface area contributed by atoms with E-state index < -0.39 is 0 Å². The number of H-pyrrole nitrogens is 1. The van der Waals surface area contributed by atoms with Crippen LogP contribution in [-0.2, 0) is 11.2 Å². The molecular weight excluding hydrogens is 204 g/mol. The molecule has 0 bridgehead atoms. The second kappa shape index (κ2) is 6.43. The molecule has 0 unspecified atom stereocenters. The first-order valence-electron chi connectivity index (χ1n) is 5.76. The molecule has 0 spiro atoms. The fourth-order valence-corrected chi connectivity index (χ4v) is 1.48. The molecule has 0 aliphatic heterocycles. The highest BCUT2D eigenvalue weighted by Crippen LogP contribution is 2.12. The van der Waals surface area contributed by atoms with Gasteiger partial charge in [0.25, 0.3) is 5.56 Å². The van der Waals surface area contributed by atoms with E-state index in [9.17, 15) is 4.79 Å². The summed E-state index contributed by atoms with van der Waals surface area (Å²) >= 11 is 0. The van der Waals surface area contributed by atoms with Crippen molar-refractivity contribution in [1.82, 2.24) is 9.97 Å². The van der Waals surface area contributed by atoms with Crippen LogP contribution in [-0.4, -0.2) is 23.7 Å². The fourth-order valence-electron chi connectivity index (χ4n) is 1.48. The van der Waals surface area contributed by atoms with E-state index in [1.165, 1.54) is 0 Å². The van der Waals surface area contributed by atoms with Gasteiger partial charge in [0.1, 0.15) is 5.82 Å². The van der Waals surface area contributed by atoms with Crippen LogP contribution in [0.5, 0.6) is 0 Å².